The number of imidazole rings is 1. The molecule has 0 fully saturated rings. The van der Waals surface area contributed by atoms with Crippen molar-refractivity contribution in [2.24, 2.45) is 0 Å². The Labute approximate surface area is 151 Å². The van der Waals surface area contributed by atoms with Gasteiger partial charge in [-0.25, -0.2) is 4.98 Å². The van der Waals surface area contributed by atoms with E-state index in [1.807, 2.05) is 30.5 Å². The SMILES string of the molecule is C[Si](C)(C)CCOCn1c(-c2ccccc2)cnc1-c1ccccc1. The molecule has 0 N–H and O–H groups in total. The van der Waals surface area contributed by atoms with E-state index in [4.69, 9.17) is 4.74 Å². The molecular formula is C21H26N2OSi. The Bertz CT molecular complexity index is 735. The fourth-order valence-electron chi connectivity index (χ4n) is 2.70. The Kier molecular flexibility index (Phi) is 5.51. The highest BCUT2D eigenvalue weighted by atomic mass is 28.3. The molecule has 0 bridgehead atoms. The first-order valence-corrected chi connectivity index (χ1v) is 12.5. The van der Waals surface area contributed by atoms with Crippen LogP contribution in [0, 0.1) is 0 Å². The lowest BCUT2D eigenvalue weighted by atomic mass is 10.1. The molecule has 4 heteroatoms. The van der Waals surface area contributed by atoms with Crippen LogP contribution in [0.3, 0.4) is 0 Å². The van der Waals surface area contributed by atoms with Gasteiger partial charge in [-0.15, -0.1) is 0 Å². The maximum absolute atomic E-state index is 6.04. The third-order valence-electron chi connectivity index (χ3n) is 4.17. The average Bonchev–Trinajstić information content (AvgIpc) is 3.03. The van der Waals surface area contributed by atoms with E-state index in [1.54, 1.807) is 0 Å². The van der Waals surface area contributed by atoms with Gasteiger partial charge in [0, 0.05) is 20.2 Å². The van der Waals surface area contributed by atoms with Gasteiger partial charge in [-0.3, -0.25) is 4.57 Å². The predicted molar refractivity (Wildman–Crippen MR) is 107 cm³/mol. The standard InChI is InChI=1S/C21H26N2OSi/c1-25(2,3)15-14-24-17-23-20(18-10-6-4-7-11-18)16-22-21(23)19-12-8-5-9-13-19/h4-13,16H,14-15,17H2,1-3H3. The van der Waals surface area contributed by atoms with E-state index < -0.39 is 8.07 Å². The lowest BCUT2D eigenvalue weighted by Gasteiger charge is -2.17. The molecule has 0 unspecified atom stereocenters. The van der Waals surface area contributed by atoms with Crippen molar-refractivity contribution in [2.75, 3.05) is 6.61 Å². The van der Waals surface area contributed by atoms with Gasteiger partial charge in [-0.1, -0.05) is 80.3 Å². The lowest BCUT2D eigenvalue weighted by Crippen LogP contribution is -2.22. The maximum atomic E-state index is 6.04. The van der Waals surface area contributed by atoms with E-state index >= 15 is 0 Å². The van der Waals surface area contributed by atoms with Crippen LogP contribution in [0.4, 0.5) is 0 Å². The van der Waals surface area contributed by atoms with Crippen molar-refractivity contribution in [1.82, 2.24) is 9.55 Å². The molecule has 2 aromatic carbocycles. The Hall–Kier alpha value is -2.17. The predicted octanol–water partition coefficient (Wildman–Crippen LogP) is 5.53. The third kappa shape index (κ3) is 4.68. The number of aromatic nitrogens is 2. The fourth-order valence-corrected chi connectivity index (χ4v) is 3.45. The molecule has 0 aliphatic carbocycles. The van der Waals surface area contributed by atoms with Crippen LogP contribution in [-0.4, -0.2) is 24.2 Å². The highest BCUT2D eigenvalue weighted by Crippen LogP contribution is 2.26. The van der Waals surface area contributed by atoms with Gasteiger partial charge < -0.3 is 4.74 Å². The molecule has 25 heavy (non-hydrogen) atoms. The highest BCUT2D eigenvalue weighted by molar-refractivity contribution is 6.76. The van der Waals surface area contributed by atoms with Crippen LogP contribution in [0.25, 0.3) is 22.6 Å². The van der Waals surface area contributed by atoms with Crippen LogP contribution in [0.15, 0.2) is 66.9 Å². The van der Waals surface area contributed by atoms with Crippen molar-refractivity contribution in [3.63, 3.8) is 0 Å². The van der Waals surface area contributed by atoms with Gasteiger partial charge in [0.15, 0.2) is 0 Å². The molecule has 130 valence electrons. The summed E-state index contributed by atoms with van der Waals surface area (Å²) in [7, 11) is -1.08. The monoisotopic (exact) mass is 350 g/mol. The van der Waals surface area contributed by atoms with Crippen LogP contribution < -0.4 is 0 Å². The summed E-state index contributed by atoms with van der Waals surface area (Å²) in [5.41, 5.74) is 3.36. The highest BCUT2D eigenvalue weighted by Gasteiger charge is 2.15. The quantitative estimate of drug-likeness (QED) is 0.414. The molecule has 0 spiro atoms. The molecule has 0 atom stereocenters. The summed E-state index contributed by atoms with van der Waals surface area (Å²) >= 11 is 0. The van der Waals surface area contributed by atoms with E-state index in [1.165, 1.54) is 6.04 Å². The molecule has 0 saturated carbocycles. The van der Waals surface area contributed by atoms with Gasteiger partial charge in [0.1, 0.15) is 12.6 Å². The first kappa shape index (κ1) is 17.6. The number of rotatable bonds is 7. The third-order valence-corrected chi connectivity index (χ3v) is 5.88. The van der Waals surface area contributed by atoms with E-state index in [2.05, 4.69) is 65.6 Å². The molecule has 3 nitrogen and oxygen atoms in total. The summed E-state index contributed by atoms with van der Waals surface area (Å²) in [4.78, 5) is 4.68. The van der Waals surface area contributed by atoms with Crippen LogP contribution in [0.5, 0.6) is 0 Å². The van der Waals surface area contributed by atoms with Crippen molar-refractivity contribution < 1.29 is 4.74 Å². The first-order valence-electron chi connectivity index (χ1n) is 8.79. The van der Waals surface area contributed by atoms with Crippen molar-refractivity contribution in [2.45, 2.75) is 32.4 Å². The van der Waals surface area contributed by atoms with Crippen LogP contribution in [-0.2, 0) is 11.5 Å². The van der Waals surface area contributed by atoms with Crippen molar-refractivity contribution in [3.8, 4) is 22.6 Å². The Morgan fingerprint density at radius 3 is 2.08 bits per heavy atom. The minimum atomic E-state index is -1.08. The largest absolute Gasteiger partial charge is 0.361 e. The topological polar surface area (TPSA) is 27.1 Å². The van der Waals surface area contributed by atoms with Crippen LogP contribution >= 0.6 is 0 Å². The summed E-state index contributed by atoms with van der Waals surface area (Å²) in [6.07, 6.45) is 1.94. The zero-order chi connectivity index (χ0) is 17.7. The molecular weight excluding hydrogens is 324 g/mol. The zero-order valence-electron chi connectivity index (χ0n) is 15.3. The Balaban J connectivity index is 1.88. The average molecular weight is 351 g/mol. The first-order chi connectivity index (χ1) is 12.0. The number of benzene rings is 2. The normalized spacial score (nSPS) is 11.6. The molecule has 0 saturated heterocycles. The van der Waals surface area contributed by atoms with Gasteiger partial charge >= 0.3 is 0 Å². The second kappa shape index (κ2) is 7.81. The van der Waals surface area contributed by atoms with E-state index in [0.29, 0.717) is 6.73 Å². The van der Waals surface area contributed by atoms with Crippen molar-refractivity contribution >= 4 is 8.07 Å². The lowest BCUT2D eigenvalue weighted by molar-refractivity contribution is 0.0893. The molecule has 3 rings (SSSR count). The maximum Gasteiger partial charge on any atom is 0.142 e. The van der Waals surface area contributed by atoms with E-state index in [9.17, 15) is 0 Å². The second-order valence-electron chi connectivity index (χ2n) is 7.48. The summed E-state index contributed by atoms with van der Waals surface area (Å²) in [5, 5.41) is 0. The van der Waals surface area contributed by atoms with Gasteiger partial charge in [0.25, 0.3) is 0 Å². The van der Waals surface area contributed by atoms with Crippen LogP contribution in [0.1, 0.15) is 0 Å². The van der Waals surface area contributed by atoms with Crippen LogP contribution in [0.2, 0.25) is 25.7 Å². The summed E-state index contributed by atoms with van der Waals surface area (Å²) < 4.78 is 8.21. The van der Waals surface area contributed by atoms with Gasteiger partial charge in [-0.2, -0.15) is 0 Å². The number of nitrogens with zero attached hydrogens (tertiary/aromatic N) is 2. The number of hydrogen-bond acceptors (Lipinski definition) is 2. The molecule has 0 amide bonds. The molecule has 1 aromatic heterocycles. The minimum Gasteiger partial charge on any atom is -0.361 e. The number of ether oxygens (including phenoxy) is 1. The van der Waals surface area contributed by atoms with Gasteiger partial charge in [0.2, 0.25) is 0 Å². The zero-order valence-corrected chi connectivity index (χ0v) is 16.3. The summed E-state index contributed by atoms with van der Waals surface area (Å²) in [6, 6.07) is 21.8. The molecule has 0 aliphatic rings. The van der Waals surface area contributed by atoms with Gasteiger partial charge in [-0.05, 0) is 11.6 Å². The number of hydrogen-bond donors (Lipinski definition) is 0. The summed E-state index contributed by atoms with van der Waals surface area (Å²) in [6.45, 7) is 8.45. The molecule has 3 aromatic rings. The smallest absolute Gasteiger partial charge is 0.142 e. The van der Waals surface area contributed by atoms with E-state index in [-0.39, 0.29) is 0 Å². The van der Waals surface area contributed by atoms with Gasteiger partial charge in [0.05, 0.1) is 11.9 Å². The minimum absolute atomic E-state index is 0.527. The van der Waals surface area contributed by atoms with Crippen molar-refractivity contribution in [3.05, 3.63) is 66.9 Å². The summed E-state index contributed by atoms with van der Waals surface area (Å²) in [5.74, 6) is 0.951. The van der Waals surface area contributed by atoms with Crippen molar-refractivity contribution in [1.29, 1.82) is 0 Å². The second-order valence-corrected chi connectivity index (χ2v) is 13.1. The molecule has 0 aliphatic heterocycles. The van der Waals surface area contributed by atoms with E-state index in [0.717, 1.165) is 29.3 Å². The molecule has 0 radical (unpaired) electrons. The Morgan fingerprint density at radius 1 is 0.880 bits per heavy atom. The Morgan fingerprint density at radius 2 is 1.48 bits per heavy atom. The molecule has 1 heterocycles. The fraction of sp³-hybridized carbons (Fsp3) is 0.286.